The van der Waals surface area contributed by atoms with Gasteiger partial charge < -0.3 is 10.6 Å². The lowest BCUT2D eigenvalue weighted by Crippen LogP contribution is -2.39. The van der Waals surface area contributed by atoms with Crippen molar-refractivity contribution in [3.63, 3.8) is 0 Å². The number of thiocarbonyl (C=S) groups is 1. The molecule has 0 saturated heterocycles. The Morgan fingerprint density at radius 3 is 2.55 bits per heavy atom. The summed E-state index contributed by atoms with van der Waals surface area (Å²) < 4.78 is 0. The van der Waals surface area contributed by atoms with Gasteiger partial charge in [0.05, 0.1) is 0 Å². The zero-order valence-electron chi connectivity index (χ0n) is 13.7. The molecule has 1 amide bonds. The molecule has 2 rings (SSSR count). The van der Waals surface area contributed by atoms with E-state index in [-0.39, 0.29) is 11.8 Å². The molecular formula is C18H26N2OS. The first-order chi connectivity index (χ1) is 10.5. The van der Waals surface area contributed by atoms with Crippen LogP contribution in [0.3, 0.4) is 0 Å². The van der Waals surface area contributed by atoms with Crippen LogP contribution >= 0.6 is 12.2 Å². The van der Waals surface area contributed by atoms with Crippen molar-refractivity contribution in [3.8, 4) is 0 Å². The second kappa shape index (κ2) is 7.73. The molecule has 0 radical (unpaired) electrons. The molecule has 0 aromatic heterocycles. The zero-order valence-corrected chi connectivity index (χ0v) is 14.6. The molecule has 1 aliphatic rings. The highest BCUT2D eigenvalue weighted by Gasteiger charge is 2.22. The molecule has 1 aromatic rings. The predicted octanol–water partition coefficient (Wildman–Crippen LogP) is 4.51. The Labute approximate surface area is 138 Å². The average Bonchev–Trinajstić information content (AvgIpc) is 2.49. The SMILES string of the molecule is Cc1cccc(C(C)C)c1NC(=S)NC(=O)C1CCCCC1. The summed E-state index contributed by atoms with van der Waals surface area (Å²) in [4.78, 5) is 12.3. The number of hydrogen-bond donors (Lipinski definition) is 2. The molecule has 2 N–H and O–H groups in total. The summed E-state index contributed by atoms with van der Waals surface area (Å²) >= 11 is 5.34. The Balaban J connectivity index is 2.01. The maximum atomic E-state index is 12.3. The average molecular weight is 318 g/mol. The minimum Gasteiger partial charge on any atom is -0.332 e. The second-order valence-corrected chi connectivity index (χ2v) is 6.88. The van der Waals surface area contributed by atoms with Crippen molar-refractivity contribution < 1.29 is 4.79 Å². The maximum Gasteiger partial charge on any atom is 0.229 e. The van der Waals surface area contributed by atoms with Gasteiger partial charge >= 0.3 is 0 Å². The van der Waals surface area contributed by atoms with E-state index in [0.717, 1.165) is 36.9 Å². The lowest BCUT2D eigenvalue weighted by atomic mass is 9.89. The number of para-hydroxylation sites is 1. The molecule has 1 aromatic carbocycles. The quantitative estimate of drug-likeness (QED) is 0.806. The van der Waals surface area contributed by atoms with Gasteiger partial charge in [-0.15, -0.1) is 0 Å². The number of nitrogens with one attached hydrogen (secondary N) is 2. The predicted molar refractivity (Wildman–Crippen MR) is 96.2 cm³/mol. The van der Waals surface area contributed by atoms with Crippen molar-refractivity contribution in [1.82, 2.24) is 5.32 Å². The van der Waals surface area contributed by atoms with E-state index in [0.29, 0.717) is 11.0 Å². The first kappa shape index (κ1) is 16.9. The molecule has 1 fully saturated rings. The van der Waals surface area contributed by atoms with Gasteiger partial charge in [0.15, 0.2) is 5.11 Å². The molecule has 3 nitrogen and oxygen atoms in total. The van der Waals surface area contributed by atoms with Gasteiger partial charge in [0, 0.05) is 11.6 Å². The van der Waals surface area contributed by atoms with Crippen LogP contribution in [0.1, 0.15) is 63.0 Å². The van der Waals surface area contributed by atoms with E-state index in [1.54, 1.807) is 0 Å². The fourth-order valence-corrected chi connectivity index (χ4v) is 3.27. The number of benzene rings is 1. The maximum absolute atomic E-state index is 12.3. The third-order valence-corrected chi connectivity index (χ3v) is 4.58. The van der Waals surface area contributed by atoms with Crippen LogP contribution in [0.15, 0.2) is 18.2 Å². The van der Waals surface area contributed by atoms with Crippen LogP contribution in [0.2, 0.25) is 0 Å². The fraction of sp³-hybridized carbons (Fsp3) is 0.556. The molecule has 0 atom stereocenters. The third kappa shape index (κ3) is 4.29. The normalized spacial score (nSPS) is 15.6. The van der Waals surface area contributed by atoms with E-state index < -0.39 is 0 Å². The Morgan fingerprint density at radius 1 is 1.23 bits per heavy atom. The Bertz CT molecular complexity index is 548. The summed E-state index contributed by atoms with van der Waals surface area (Å²) in [6.07, 6.45) is 5.50. The van der Waals surface area contributed by atoms with Crippen LogP contribution in [0.4, 0.5) is 5.69 Å². The first-order valence-electron chi connectivity index (χ1n) is 8.20. The smallest absolute Gasteiger partial charge is 0.229 e. The van der Waals surface area contributed by atoms with Crippen molar-refractivity contribution in [3.05, 3.63) is 29.3 Å². The molecule has 0 heterocycles. The van der Waals surface area contributed by atoms with Gasteiger partial charge in [-0.05, 0) is 49.0 Å². The van der Waals surface area contributed by atoms with Gasteiger partial charge in [-0.1, -0.05) is 51.3 Å². The molecular weight excluding hydrogens is 292 g/mol. The van der Waals surface area contributed by atoms with Gasteiger partial charge in [-0.3, -0.25) is 4.79 Å². The first-order valence-corrected chi connectivity index (χ1v) is 8.61. The summed E-state index contributed by atoms with van der Waals surface area (Å²) in [6, 6.07) is 6.21. The molecule has 0 unspecified atom stereocenters. The van der Waals surface area contributed by atoms with Gasteiger partial charge in [-0.2, -0.15) is 0 Å². The highest BCUT2D eigenvalue weighted by Crippen LogP contribution is 2.27. The van der Waals surface area contributed by atoms with Gasteiger partial charge in [0.2, 0.25) is 5.91 Å². The Kier molecular flexibility index (Phi) is 5.95. The van der Waals surface area contributed by atoms with E-state index in [1.807, 2.05) is 0 Å². The van der Waals surface area contributed by atoms with Crippen molar-refractivity contribution in [2.75, 3.05) is 5.32 Å². The van der Waals surface area contributed by atoms with Crippen molar-refractivity contribution in [2.24, 2.45) is 5.92 Å². The number of anilines is 1. The van der Waals surface area contributed by atoms with Crippen LogP contribution in [-0.2, 0) is 4.79 Å². The fourth-order valence-electron chi connectivity index (χ4n) is 3.07. The summed E-state index contributed by atoms with van der Waals surface area (Å²) in [5, 5.41) is 6.51. The van der Waals surface area contributed by atoms with Crippen molar-refractivity contribution in [1.29, 1.82) is 0 Å². The minimum absolute atomic E-state index is 0.0666. The highest BCUT2D eigenvalue weighted by atomic mass is 32.1. The third-order valence-electron chi connectivity index (χ3n) is 4.38. The molecule has 1 saturated carbocycles. The highest BCUT2D eigenvalue weighted by molar-refractivity contribution is 7.80. The van der Waals surface area contributed by atoms with Crippen LogP contribution in [0, 0.1) is 12.8 Å². The van der Waals surface area contributed by atoms with E-state index in [4.69, 9.17) is 12.2 Å². The van der Waals surface area contributed by atoms with Crippen LogP contribution in [0.25, 0.3) is 0 Å². The Morgan fingerprint density at radius 2 is 1.91 bits per heavy atom. The summed E-state index contributed by atoms with van der Waals surface area (Å²) in [5.74, 6) is 0.589. The van der Waals surface area contributed by atoms with Gasteiger partial charge in [-0.25, -0.2) is 0 Å². The molecule has 0 bridgehead atoms. The molecule has 120 valence electrons. The van der Waals surface area contributed by atoms with Gasteiger partial charge in [0.25, 0.3) is 0 Å². The number of carbonyl (C=O) groups excluding carboxylic acids is 1. The number of amides is 1. The minimum atomic E-state index is 0.0666. The lowest BCUT2D eigenvalue weighted by molar-refractivity contribution is -0.124. The Hall–Kier alpha value is -1.42. The monoisotopic (exact) mass is 318 g/mol. The van der Waals surface area contributed by atoms with Crippen molar-refractivity contribution >= 4 is 28.9 Å². The molecule has 1 aliphatic carbocycles. The topological polar surface area (TPSA) is 41.1 Å². The standard InChI is InChI=1S/C18H26N2OS/c1-12(2)15-11-7-8-13(3)16(15)19-18(22)20-17(21)14-9-5-4-6-10-14/h7-8,11-12,14H,4-6,9-10H2,1-3H3,(H2,19,20,21,22). The van der Waals surface area contributed by atoms with Crippen LogP contribution in [-0.4, -0.2) is 11.0 Å². The van der Waals surface area contributed by atoms with E-state index in [1.165, 1.54) is 12.0 Å². The number of carbonyl (C=O) groups is 1. The molecule has 0 aliphatic heterocycles. The number of hydrogen-bond acceptors (Lipinski definition) is 2. The summed E-state index contributed by atoms with van der Waals surface area (Å²) in [6.45, 7) is 6.37. The molecule has 0 spiro atoms. The summed E-state index contributed by atoms with van der Waals surface area (Å²) in [7, 11) is 0. The molecule has 4 heteroatoms. The lowest BCUT2D eigenvalue weighted by Gasteiger charge is -2.22. The summed E-state index contributed by atoms with van der Waals surface area (Å²) in [5.41, 5.74) is 3.38. The molecule has 22 heavy (non-hydrogen) atoms. The van der Waals surface area contributed by atoms with E-state index >= 15 is 0 Å². The zero-order chi connectivity index (χ0) is 16.1. The van der Waals surface area contributed by atoms with E-state index in [9.17, 15) is 4.79 Å². The largest absolute Gasteiger partial charge is 0.332 e. The van der Waals surface area contributed by atoms with Crippen LogP contribution < -0.4 is 10.6 Å². The number of aryl methyl sites for hydroxylation is 1. The van der Waals surface area contributed by atoms with Crippen molar-refractivity contribution in [2.45, 2.75) is 58.8 Å². The number of rotatable bonds is 3. The van der Waals surface area contributed by atoms with Gasteiger partial charge in [0.1, 0.15) is 0 Å². The second-order valence-electron chi connectivity index (χ2n) is 6.47. The van der Waals surface area contributed by atoms with E-state index in [2.05, 4.69) is 49.6 Å². The van der Waals surface area contributed by atoms with Crippen LogP contribution in [0.5, 0.6) is 0 Å².